The van der Waals surface area contributed by atoms with Crippen LogP contribution in [-0.2, 0) is 13.8 Å². The summed E-state index contributed by atoms with van der Waals surface area (Å²) < 4.78 is 20.1. The number of phosphoric acid groups is 1. The Morgan fingerprint density at radius 3 is 2.55 bits per heavy atom. The van der Waals surface area contributed by atoms with E-state index in [2.05, 4.69) is 14.5 Å². The Balaban J connectivity index is 2.14. The molecule has 1 aromatic heterocycles. The molecule has 0 unspecified atom stereocenters. The zero-order valence-electron chi connectivity index (χ0n) is 11.0. The Morgan fingerprint density at radius 1 is 1.41 bits per heavy atom. The molecule has 1 aliphatic rings. The summed E-state index contributed by atoms with van der Waals surface area (Å²) in [6.07, 6.45) is -5.37. The van der Waals surface area contributed by atoms with Crippen molar-refractivity contribution >= 4 is 19.5 Å². The largest absolute Gasteiger partial charge is 0.469 e. The number of aromatic amines is 1. The normalized spacial score (nSPS) is 28.9. The first-order valence-corrected chi connectivity index (χ1v) is 7.50. The third kappa shape index (κ3) is 3.44. The van der Waals surface area contributed by atoms with Crippen LogP contribution < -0.4 is 11.5 Å². The van der Waals surface area contributed by atoms with Crippen molar-refractivity contribution in [3.05, 3.63) is 11.5 Å². The van der Waals surface area contributed by atoms with E-state index < -0.39 is 44.8 Å². The molecule has 13 heteroatoms. The van der Waals surface area contributed by atoms with Gasteiger partial charge < -0.3 is 41.2 Å². The fourth-order valence-corrected chi connectivity index (χ4v) is 2.35. The summed E-state index contributed by atoms with van der Waals surface area (Å²) in [4.78, 5) is 34.6. The zero-order chi connectivity index (χ0) is 16.7. The Labute approximate surface area is 123 Å². The minimum atomic E-state index is -4.75. The van der Waals surface area contributed by atoms with Gasteiger partial charge >= 0.3 is 7.82 Å². The number of primary amides is 1. The molecule has 0 bridgehead atoms. The Kier molecular flexibility index (Phi) is 4.54. The van der Waals surface area contributed by atoms with Gasteiger partial charge in [0.05, 0.1) is 6.61 Å². The summed E-state index contributed by atoms with van der Waals surface area (Å²) in [5, 5.41) is 19.7. The number of nitrogen functional groups attached to an aromatic ring is 1. The number of ether oxygens (including phenoxy) is 1. The van der Waals surface area contributed by atoms with Gasteiger partial charge in [0.15, 0.2) is 5.69 Å². The van der Waals surface area contributed by atoms with Crippen LogP contribution in [0.25, 0.3) is 0 Å². The van der Waals surface area contributed by atoms with Crippen LogP contribution >= 0.6 is 7.82 Å². The van der Waals surface area contributed by atoms with Gasteiger partial charge in [0.1, 0.15) is 36.1 Å². The van der Waals surface area contributed by atoms with E-state index in [0.717, 1.165) is 0 Å². The van der Waals surface area contributed by atoms with E-state index in [1.54, 1.807) is 0 Å². The highest BCUT2D eigenvalue weighted by Crippen LogP contribution is 2.39. The highest BCUT2D eigenvalue weighted by molar-refractivity contribution is 7.46. The molecular formula is C9H15N4O8P. The zero-order valence-corrected chi connectivity index (χ0v) is 11.9. The fourth-order valence-electron chi connectivity index (χ4n) is 2.01. The van der Waals surface area contributed by atoms with Crippen molar-refractivity contribution in [2.75, 3.05) is 12.3 Å². The molecule has 12 nitrogen and oxygen atoms in total. The predicted octanol–water partition coefficient (Wildman–Crippen LogP) is -2.64. The average molecular weight is 338 g/mol. The smallest absolute Gasteiger partial charge is 0.387 e. The molecule has 124 valence electrons. The molecule has 9 N–H and O–H groups in total. The number of hydrogen-bond donors (Lipinski definition) is 7. The third-order valence-corrected chi connectivity index (χ3v) is 3.51. The lowest BCUT2D eigenvalue weighted by Gasteiger charge is -2.14. The average Bonchev–Trinajstić information content (AvgIpc) is 2.90. The Morgan fingerprint density at radius 2 is 2.05 bits per heavy atom. The minimum Gasteiger partial charge on any atom is -0.387 e. The highest BCUT2D eigenvalue weighted by Gasteiger charge is 2.45. The van der Waals surface area contributed by atoms with Crippen LogP contribution in [0.2, 0.25) is 0 Å². The quantitative estimate of drug-likeness (QED) is 0.277. The third-order valence-electron chi connectivity index (χ3n) is 3.02. The van der Waals surface area contributed by atoms with Crippen molar-refractivity contribution in [1.82, 2.24) is 9.97 Å². The topological polar surface area (TPSA) is 214 Å². The number of carbonyl (C=O) groups excluding carboxylic acids is 1. The lowest BCUT2D eigenvalue weighted by Crippen LogP contribution is -2.33. The summed E-state index contributed by atoms with van der Waals surface area (Å²) >= 11 is 0. The first-order valence-electron chi connectivity index (χ1n) is 5.97. The van der Waals surface area contributed by atoms with Crippen LogP contribution in [0.4, 0.5) is 5.82 Å². The van der Waals surface area contributed by atoms with Gasteiger partial charge in [-0.2, -0.15) is 0 Å². The van der Waals surface area contributed by atoms with Crippen LogP contribution in [0.15, 0.2) is 0 Å². The van der Waals surface area contributed by atoms with Gasteiger partial charge in [-0.05, 0) is 0 Å². The molecule has 1 aliphatic heterocycles. The van der Waals surface area contributed by atoms with E-state index in [9.17, 15) is 19.6 Å². The monoisotopic (exact) mass is 338 g/mol. The summed E-state index contributed by atoms with van der Waals surface area (Å²) in [6, 6.07) is 0. The van der Waals surface area contributed by atoms with Crippen LogP contribution in [0.5, 0.6) is 0 Å². The van der Waals surface area contributed by atoms with Gasteiger partial charge in [-0.1, -0.05) is 0 Å². The summed E-state index contributed by atoms with van der Waals surface area (Å²) in [5.74, 6) is -1.09. The predicted molar refractivity (Wildman–Crippen MR) is 69.1 cm³/mol. The van der Waals surface area contributed by atoms with Gasteiger partial charge in [-0.3, -0.25) is 9.32 Å². The lowest BCUT2D eigenvalue weighted by atomic mass is 10.1. The van der Waals surface area contributed by atoms with E-state index in [4.69, 9.17) is 26.0 Å². The number of rotatable bonds is 5. The molecule has 1 amide bonds. The molecule has 22 heavy (non-hydrogen) atoms. The van der Waals surface area contributed by atoms with E-state index >= 15 is 0 Å². The number of phosphoric ester groups is 1. The van der Waals surface area contributed by atoms with Crippen LogP contribution in [-0.4, -0.2) is 60.8 Å². The first-order chi connectivity index (χ1) is 10.1. The van der Waals surface area contributed by atoms with E-state index in [1.165, 1.54) is 0 Å². The first kappa shape index (κ1) is 16.8. The number of H-pyrrole nitrogens is 1. The van der Waals surface area contributed by atoms with Gasteiger partial charge in [0.2, 0.25) is 0 Å². The standard InChI is InChI=1S/C9H15N4O8P/c10-7-3(8(11)16)12-9(13-7)6-5(15)4(14)2(21-6)1-20-22(17,18)19/h2,4-6,14-15H,1,10H2,(H2,11,16)(H,12,13)(H2,17,18,19)/t2-,4+,5-,6+/m1/s1. The van der Waals surface area contributed by atoms with Crippen molar-refractivity contribution in [2.45, 2.75) is 24.4 Å². The number of nitrogens with zero attached hydrogens (tertiary/aromatic N) is 1. The van der Waals surface area contributed by atoms with Crippen LogP contribution in [0.3, 0.4) is 0 Å². The van der Waals surface area contributed by atoms with Gasteiger partial charge in [-0.15, -0.1) is 0 Å². The Hall–Kier alpha value is -1.53. The number of aliphatic hydroxyl groups excluding tert-OH is 2. The molecule has 1 fully saturated rings. The van der Waals surface area contributed by atoms with Crippen molar-refractivity contribution in [1.29, 1.82) is 0 Å². The number of aromatic nitrogens is 2. The molecule has 1 aromatic rings. The second-order valence-corrected chi connectivity index (χ2v) is 5.85. The summed E-state index contributed by atoms with van der Waals surface area (Å²) in [7, 11) is -4.75. The number of imidazole rings is 1. The van der Waals surface area contributed by atoms with Crippen molar-refractivity contribution < 1.29 is 38.6 Å². The summed E-state index contributed by atoms with van der Waals surface area (Å²) in [5.41, 5.74) is 10.3. The number of nitrogens with one attached hydrogen (secondary N) is 1. The van der Waals surface area contributed by atoms with E-state index in [0.29, 0.717) is 0 Å². The maximum Gasteiger partial charge on any atom is 0.469 e. The van der Waals surface area contributed by atoms with Crippen molar-refractivity contribution in [3.8, 4) is 0 Å². The van der Waals surface area contributed by atoms with Gasteiger partial charge in [0.25, 0.3) is 5.91 Å². The molecule has 0 saturated carbocycles. The van der Waals surface area contributed by atoms with E-state index in [1.807, 2.05) is 0 Å². The molecule has 0 aromatic carbocycles. The summed E-state index contributed by atoms with van der Waals surface area (Å²) in [6.45, 7) is -0.655. The maximum absolute atomic E-state index is 11.1. The Bertz CT molecular complexity index is 615. The lowest BCUT2D eigenvalue weighted by molar-refractivity contribution is -0.0245. The van der Waals surface area contributed by atoms with Crippen LogP contribution in [0.1, 0.15) is 22.4 Å². The minimum absolute atomic E-state index is 0.0588. The molecule has 2 heterocycles. The van der Waals surface area contributed by atoms with Crippen molar-refractivity contribution in [3.63, 3.8) is 0 Å². The molecular weight excluding hydrogens is 323 g/mol. The van der Waals surface area contributed by atoms with Gasteiger partial charge in [0, 0.05) is 0 Å². The number of aliphatic hydroxyl groups is 2. The van der Waals surface area contributed by atoms with Crippen LogP contribution in [0, 0.1) is 0 Å². The van der Waals surface area contributed by atoms with Crippen molar-refractivity contribution in [2.24, 2.45) is 5.73 Å². The fraction of sp³-hybridized carbons (Fsp3) is 0.556. The molecule has 2 rings (SSSR count). The number of nitrogens with two attached hydrogens (primary N) is 2. The number of amides is 1. The molecule has 1 saturated heterocycles. The second-order valence-electron chi connectivity index (χ2n) is 4.61. The molecule has 0 aliphatic carbocycles. The SMILES string of the molecule is NC(=O)c1nc([C@H]2O[C@H](COP(=O)(O)O)[C@H](O)[C@H]2O)[nH]c1N. The highest BCUT2D eigenvalue weighted by atomic mass is 31.2. The van der Waals surface area contributed by atoms with Gasteiger partial charge in [-0.25, -0.2) is 9.55 Å². The molecule has 4 atom stereocenters. The van der Waals surface area contributed by atoms with E-state index in [-0.39, 0.29) is 17.3 Å². The number of carbonyl (C=O) groups is 1. The number of hydrogen-bond acceptors (Lipinski definition) is 8. The molecule has 0 radical (unpaired) electrons. The number of anilines is 1. The molecule has 0 spiro atoms. The second kappa shape index (κ2) is 5.93. The maximum atomic E-state index is 11.1.